The van der Waals surface area contributed by atoms with Gasteiger partial charge < -0.3 is 5.11 Å². The second-order valence-electron chi connectivity index (χ2n) is 4.90. The number of phenolic OH excluding ortho intramolecular Hbond substituents is 1. The Morgan fingerprint density at radius 3 is 2.61 bits per heavy atom. The summed E-state index contributed by atoms with van der Waals surface area (Å²) in [4.78, 5) is 12.7. The minimum atomic E-state index is -0.369. The Labute approximate surface area is 142 Å². The van der Waals surface area contributed by atoms with Crippen LogP contribution in [-0.4, -0.2) is 16.7 Å². The third-order valence-corrected chi connectivity index (χ3v) is 5.03. The number of carbonyl (C=O) groups is 1. The molecule has 4 nitrogen and oxygen atoms in total. The summed E-state index contributed by atoms with van der Waals surface area (Å²) in [5, 5.41) is 15.1. The van der Waals surface area contributed by atoms with E-state index in [4.69, 9.17) is 11.6 Å². The molecule has 116 valence electrons. The Morgan fingerprint density at radius 1 is 1.17 bits per heavy atom. The first-order chi connectivity index (χ1) is 11.1. The van der Waals surface area contributed by atoms with Crippen molar-refractivity contribution < 1.29 is 9.90 Å². The molecular formula is C17H13ClN2O2S. The van der Waals surface area contributed by atoms with E-state index in [2.05, 4.69) is 10.5 Å². The van der Waals surface area contributed by atoms with E-state index < -0.39 is 0 Å². The molecule has 23 heavy (non-hydrogen) atoms. The van der Waals surface area contributed by atoms with Crippen LogP contribution in [0.1, 0.15) is 22.2 Å². The van der Waals surface area contributed by atoms with Crippen LogP contribution >= 0.6 is 22.9 Å². The first-order valence-electron chi connectivity index (χ1n) is 6.88. The molecule has 0 aliphatic carbocycles. The fourth-order valence-electron chi connectivity index (χ4n) is 2.19. The predicted molar refractivity (Wildman–Crippen MR) is 94.6 cm³/mol. The summed E-state index contributed by atoms with van der Waals surface area (Å²) in [5.74, 6) is -0.256. The Morgan fingerprint density at radius 2 is 1.87 bits per heavy atom. The highest BCUT2D eigenvalue weighted by molar-refractivity contribution is 7.21. The summed E-state index contributed by atoms with van der Waals surface area (Å²) in [6.07, 6.45) is 0. The minimum Gasteiger partial charge on any atom is -0.507 e. The molecule has 0 fully saturated rings. The second-order valence-corrected chi connectivity index (χ2v) is 6.33. The smallest absolute Gasteiger partial charge is 0.283 e. The molecule has 0 unspecified atom stereocenters. The van der Waals surface area contributed by atoms with Crippen LogP contribution in [0.25, 0.3) is 10.1 Å². The third-order valence-electron chi connectivity index (χ3n) is 3.36. The van der Waals surface area contributed by atoms with Gasteiger partial charge in [0, 0.05) is 15.6 Å². The molecule has 0 saturated heterocycles. The van der Waals surface area contributed by atoms with Gasteiger partial charge in [-0.2, -0.15) is 5.10 Å². The van der Waals surface area contributed by atoms with Crippen LogP contribution in [0.4, 0.5) is 0 Å². The van der Waals surface area contributed by atoms with Crippen LogP contribution in [0.3, 0.4) is 0 Å². The summed E-state index contributed by atoms with van der Waals surface area (Å²) >= 11 is 7.59. The van der Waals surface area contributed by atoms with Gasteiger partial charge in [-0.15, -0.1) is 11.3 Å². The number of phenols is 1. The lowest BCUT2D eigenvalue weighted by Crippen LogP contribution is -2.18. The molecule has 3 aromatic rings. The maximum Gasteiger partial charge on any atom is 0.283 e. The molecule has 6 heteroatoms. The number of carbonyl (C=O) groups excluding carboxylic acids is 1. The maximum atomic E-state index is 12.3. The van der Waals surface area contributed by atoms with E-state index >= 15 is 0 Å². The Balaban J connectivity index is 1.85. The lowest BCUT2D eigenvalue weighted by molar-refractivity contribution is 0.0959. The van der Waals surface area contributed by atoms with Gasteiger partial charge in [-0.05, 0) is 25.1 Å². The first kappa shape index (κ1) is 15.5. The highest BCUT2D eigenvalue weighted by Gasteiger charge is 2.16. The van der Waals surface area contributed by atoms with Crippen molar-refractivity contribution >= 4 is 44.6 Å². The van der Waals surface area contributed by atoms with E-state index in [1.54, 1.807) is 31.2 Å². The van der Waals surface area contributed by atoms with Gasteiger partial charge in [0.1, 0.15) is 10.6 Å². The first-order valence-corrected chi connectivity index (χ1v) is 8.07. The highest BCUT2D eigenvalue weighted by atomic mass is 35.5. The van der Waals surface area contributed by atoms with Crippen molar-refractivity contribution in [2.75, 3.05) is 0 Å². The van der Waals surface area contributed by atoms with E-state index in [9.17, 15) is 9.90 Å². The molecule has 0 atom stereocenters. The zero-order chi connectivity index (χ0) is 16.4. The Bertz CT molecular complexity index is 918. The number of nitrogens with one attached hydrogen (secondary N) is 1. The average Bonchev–Trinajstić information content (AvgIpc) is 2.90. The number of hydrazone groups is 1. The molecule has 1 aromatic heterocycles. The van der Waals surface area contributed by atoms with Gasteiger partial charge >= 0.3 is 0 Å². The molecule has 1 amide bonds. The summed E-state index contributed by atoms with van der Waals surface area (Å²) in [6, 6.07) is 14.4. The molecular weight excluding hydrogens is 332 g/mol. The van der Waals surface area contributed by atoms with Crippen LogP contribution in [0.15, 0.2) is 53.6 Å². The van der Waals surface area contributed by atoms with Gasteiger partial charge in [0.2, 0.25) is 0 Å². The van der Waals surface area contributed by atoms with Crippen molar-refractivity contribution in [3.63, 3.8) is 0 Å². The second kappa shape index (κ2) is 6.40. The highest BCUT2D eigenvalue weighted by Crippen LogP contribution is 2.34. The van der Waals surface area contributed by atoms with E-state index in [0.29, 0.717) is 21.2 Å². The van der Waals surface area contributed by atoms with E-state index in [0.717, 1.165) is 10.1 Å². The lowest BCUT2D eigenvalue weighted by Gasteiger charge is -2.04. The maximum absolute atomic E-state index is 12.3. The third kappa shape index (κ3) is 3.06. The number of benzene rings is 2. The van der Waals surface area contributed by atoms with Crippen LogP contribution in [-0.2, 0) is 0 Å². The molecule has 3 rings (SSSR count). The number of hydrogen-bond donors (Lipinski definition) is 2. The van der Waals surface area contributed by atoms with E-state index in [1.807, 2.05) is 24.3 Å². The van der Waals surface area contributed by atoms with Crippen LogP contribution in [0.5, 0.6) is 5.75 Å². The van der Waals surface area contributed by atoms with Gasteiger partial charge in [-0.1, -0.05) is 41.9 Å². The number of rotatable bonds is 3. The fraction of sp³-hybridized carbons (Fsp3) is 0.0588. The average molecular weight is 345 g/mol. The van der Waals surface area contributed by atoms with Crippen LogP contribution in [0, 0.1) is 0 Å². The van der Waals surface area contributed by atoms with Gasteiger partial charge in [-0.25, -0.2) is 5.43 Å². The molecule has 0 aliphatic rings. The van der Waals surface area contributed by atoms with Crippen LogP contribution in [0.2, 0.25) is 5.02 Å². The summed E-state index contributed by atoms with van der Waals surface area (Å²) in [6.45, 7) is 1.71. The zero-order valence-electron chi connectivity index (χ0n) is 12.2. The Hall–Kier alpha value is -2.37. The standard InChI is InChI=1S/C17H13ClN2O2S/c1-10(11-6-2-4-8-13(11)21)19-20-17(22)16-15(18)12-7-3-5-9-14(12)23-16/h2-9,21H,1H3,(H,20,22)/b19-10-. The van der Waals surface area contributed by atoms with Crippen molar-refractivity contribution in [2.24, 2.45) is 5.10 Å². The topological polar surface area (TPSA) is 61.7 Å². The number of aromatic hydroxyl groups is 1. The van der Waals surface area contributed by atoms with Crippen molar-refractivity contribution in [1.29, 1.82) is 0 Å². The zero-order valence-corrected chi connectivity index (χ0v) is 13.8. The molecule has 0 spiro atoms. The van der Waals surface area contributed by atoms with Gasteiger partial charge in [-0.3, -0.25) is 4.79 Å². The van der Waals surface area contributed by atoms with Gasteiger partial charge in [0.05, 0.1) is 10.7 Å². The van der Waals surface area contributed by atoms with E-state index in [1.165, 1.54) is 11.3 Å². The SMILES string of the molecule is C/C(=N/NC(=O)c1sc2ccccc2c1Cl)c1ccccc1O. The number of amides is 1. The predicted octanol–water partition coefficient (Wildman–Crippen LogP) is 4.41. The molecule has 2 aromatic carbocycles. The number of para-hydroxylation sites is 1. The monoisotopic (exact) mass is 344 g/mol. The summed E-state index contributed by atoms with van der Waals surface area (Å²) in [5.41, 5.74) is 3.56. The summed E-state index contributed by atoms with van der Waals surface area (Å²) in [7, 11) is 0. The number of halogens is 1. The normalized spacial score (nSPS) is 11.7. The lowest BCUT2D eigenvalue weighted by atomic mass is 10.1. The molecule has 2 N–H and O–H groups in total. The molecule has 0 saturated carbocycles. The molecule has 0 bridgehead atoms. The number of fused-ring (bicyclic) bond motifs is 1. The van der Waals surface area contributed by atoms with Crippen molar-refractivity contribution in [1.82, 2.24) is 5.43 Å². The number of hydrogen-bond acceptors (Lipinski definition) is 4. The largest absolute Gasteiger partial charge is 0.507 e. The van der Waals surface area contributed by atoms with Crippen LogP contribution < -0.4 is 5.43 Å². The number of nitrogens with zero attached hydrogens (tertiary/aromatic N) is 1. The van der Waals surface area contributed by atoms with Gasteiger partial charge in [0.25, 0.3) is 5.91 Å². The molecule has 1 heterocycles. The quantitative estimate of drug-likeness (QED) is 0.546. The summed E-state index contributed by atoms with van der Waals surface area (Å²) < 4.78 is 0.948. The number of thiophene rings is 1. The van der Waals surface area contributed by atoms with E-state index in [-0.39, 0.29) is 11.7 Å². The fourth-order valence-corrected chi connectivity index (χ4v) is 3.59. The van der Waals surface area contributed by atoms with Gasteiger partial charge in [0.15, 0.2) is 0 Å². The molecule has 0 radical (unpaired) electrons. The van der Waals surface area contributed by atoms with Crippen molar-refractivity contribution in [2.45, 2.75) is 6.92 Å². The molecule has 0 aliphatic heterocycles. The van der Waals surface area contributed by atoms with Crippen molar-refractivity contribution in [3.8, 4) is 5.75 Å². The minimum absolute atomic E-state index is 0.114. The van der Waals surface area contributed by atoms with Crippen molar-refractivity contribution in [3.05, 3.63) is 64.0 Å². The Kier molecular flexibility index (Phi) is 4.32.